The van der Waals surface area contributed by atoms with E-state index in [-0.39, 0.29) is 5.60 Å². The minimum atomic E-state index is -0.297. The fourth-order valence-electron chi connectivity index (χ4n) is 1.34. The molecule has 0 N–H and O–H groups in total. The molecule has 0 unspecified atom stereocenters. The quantitative estimate of drug-likeness (QED) is 0.631. The van der Waals surface area contributed by atoms with E-state index in [1.54, 1.807) is 7.11 Å². The largest absolute Gasteiger partial charge is 0.378 e. The van der Waals surface area contributed by atoms with Crippen LogP contribution in [0.5, 0.6) is 0 Å². The maximum absolute atomic E-state index is 11.5. The highest BCUT2D eigenvalue weighted by molar-refractivity contribution is 5.79. The van der Waals surface area contributed by atoms with Crippen LogP contribution in [0.2, 0.25) is 0 Å². The van der Waals surface area contributed by atoms with Crippen LogP contribution in [-0.4, -0.2) is 18.5 Å². The molecule has 0 aromatic heterocycles. The summed E-state index contributed by atoms with van der Waals surface area (Å²) in [6.45, 7) is 8.27. The van der Waals surface area contributed by atoms with Gasteiger partial charge >= 0.3 is 0 Å². The Kier molecular flexibility index (Phi) is 6.01. The normalized spacial score (nSPS) is 12.1. The van der Waals surface area contributed by atoms with Gasteiger partial charge in [-0.05, 0) is 26.2 Å². The lowest BCUT2D eigenvalue weighted by molar-refractivity contribution is -0.124. The second-order valence-corrected chi connectivity index (χ2v) is 4.97. The summed E-state index contributed by atoms with van der Waals surface area (Å²) >= 11 is 0. The van der Waals surface area contributed by atoms with Crippen molar-refractivity contribution in [1.29, 1.82) is 0 Å². The molecule has 0 saturated heterocycles. The topological polar surface area (TPSA) is 26.3 Å². The number of carbonyl (C=O) groups is 1. The summed E-state index contributed by atoms with van der Waals surface area (Å²) in [6, 6.07) is 0. The van der Waals surface area contributed by atoms with Crippen LogP contribution < -0.4 is 0 Å². The van der Waals surface area contributed by atoms with Crippen molar-refractivity contribution in [3.8, 4) is 0 Å². The molecule has 0 aromatic carbocycles. The van der Waals surface area contributed by atoms with E-state index in [1.807, 2.05) is 13.8 Å². The van der Waals surface area contributed by atoms with E-state index in [0.717, 1.165) is 12.8 Å². The Labute approximate surface area is 88.0 Å². The molecular formula is C12H24O2. The number of Topliss-reactive ketones (excluding diaryl/α,β-unsaturated/α-hetero) is 1. The summed E-state index contributed by atoms with van der Waals surface area (Å²) in [4.78, 5) is 11.5. The Morgan fingerprint density at radius 2 is 1.93 bits per heavy atom. The standard InChI is InChI=1S/C12H24O2/c1-10(2)7-6-8-11(13)9-12(3,4)14-5/h10H,6-9H2,1-5H3. The van der Waals surface area contributed by atoms with Gasteiger partial charge in [-0.2, -0.15) is 0 Å². The number of hydrogen-bond donors (Lipinski definition) is 0. The number of carbonyl (C=O) groups excluding carboxylic acids is 1. The van der Waals surface area contributed by atoms with Crippen molar-refractivity contribution in [2.24, 2.45) is 5.92 Å². The van der Waals surface area contributed by atoms with Crippen molar-refractivity contribution in [2.75, 3.05) is 7.11 Å². The van der Waals surface area contributed by atoms with Crippen molar-refractivity contribution in [1.82, 2.24) is 0 Å². The van der Waals surface area contributed by atoms with Crippen LogP contribution in [0.15, 0.2) is 0 Å². The second-order valence-electron chi connectivity index (χ2n) is 4.97. The van der Waals surface area contributed by atoms with Crippen molar-refractivity contribution >= 4 is 5.78 Å². The van der Waals surface area contributed by atoms with Crippen LogP contribution in [0, 0.1) is 5.92 Å². The second kappa shape index (κ2) is 6.18. The molecule has 0 rings (SSSR count). The first-order valence-corrected chi connectivity index (χ1v) is 5.44. The Morgan fingerprint density at radius 1 is 1.36 bits per heavy atom. The van der Waals surface area contributed by atoms with Gasteiger partial charge in [-0.1, -0.05) is 20.3 Å². The van der Waals surface area contributed by atoms with Gasteiger partial charge in [0, 0.05) is 20.0 Å². The Bertz CT molecular complexity index is 171. The molecule has 14 heavy (non-hydrogen) atoms. The molecule has 0 aliphatic carbocycles. The van der Waals surface area contributed by atoms with Crippen LogP contribution in [0.3, 0.4) is 0 Å². The minimum absolute atomic E-state index is 0.297. The van der Waals surface area contributed by atoms with E-state index in [9.17, 15) is 4.79 Å². The number of hydrogen-bond acceptors (Lipinski definition) is 2. The average Bonchev–Trinajstić information content (AvgIpc) is 2.02. The third kappa shape index (κ3) is 7.07. The Morgan fingerprint density at radius 3 is 2.36 bits per heavy atom. The lowest BCUT2D eigenvalue weighted by Gasteiger charge is -2.21. The van der Waals surface area contributed by atoms with Gasteiger partial charge in [-0.25, -0.2) is 0 Å². The van der Waals surface area contributed by atoms with E-state index in [1.165, 1.54) is 0 Å². The van der Waals surface area contributed by atoms with Gasteiger partial charge in [0.15, 0.2) is 0 Å². The molecular weight excluding hydrogens is 176 g/mol. The molecule has 0 radical (unpaired) electrons. The van der Waals surface area contributed by atoms with Crippen LogP contribution in [0.1, 0.15) is 53.4 Å². The lowest BCUT2D eigenvalue weighted by atomic mass is 9.97. The third-order valence-electron chi connectivity index (χ3n) is 2.41. The summed E-state index contributed by atoms with van der Waals surface area (Å²) < 4.78 is 5.21. The molecule has 0 bridgehead atoms. The van der Waals surface area contributed by atoms with Gasteiger partial charge in [0.25, 0.3) is 0 Å². The van der Waals surface area contributed by atoms with E-state index in [4.69, 9.17) is 4.74 Å². The molecule has 2 heteroatoms. The van der Waals surface area contributed by atoms with Crippen molar-refractivity contribution in [3.05, 3.63) is 0 Å². The molecule has 0 atom stereocenters. The van der Waals surface area contributed by atoms with Gasteiger partial charge in [0.1, 0.15) is 5.78 Å². The Hall–Kier alpha value is -0.370. The van der Waals surface area contributed by atoms with E-state index < -0.39 is 0 Å². The van der Waals surface area contributed by atoms with Crippen molar-refractivity contribution in [2.45, 2.75) is 59.0 Å². The Balaban J connectivity index is 3.66. The zero-order chi connectivity index (χ0) is 11.2. The van der Waals surface area contributed by atoms with Gasteiger partial charge in [0.2, 0.25) is 0 Å². The van der Waals surface area contributed by atoms with Crippen LogP contribution >= 0.6 is 0 Å². The maximum atomic E-state index is 11.5. The predicted molar refractivity (Wildman–Crippen MR) is 59.4 cm³/mol. The molecule has 0 spiro atoms. The summed E-state index contributed by atoms with van der Waals surface area (Å²) in [5.41, 5.74) is -0.297. The van der Waals surface area contributed by atoms with Gasteiger partial charge < -0.3 is 4.74 Å². The molecule has 2 nitrogen and oxygen atoms in total. The fourth-order valence-corrected chi connectivity index (χ4v) is 1.34. The molecule has 0 aliphatic rings. The van der Waals surface area contributed by atoms with Gasteiger partial charge in [-0.15, -0.1) is 0 Å². The maximum Gasteiger partial charge on any atom is 0.135 e. The minimum Gasteiger partial charge on any atom is -0.378 e. The van der Waals surface area contributed by atoms with Crippen LogP contribution in [-0.2, 0) is 9.53 Å². The van der Waals surface area contributed by atoms with Crippen LogP contribution in [0.25, 0.3) is 0 Å². The number of ketones is 1. The predicted octanol–water partition coefficient (Wildman–Crippen LogP) is 3.20. The summed E-state index contributed by atoms with van der Waals surface area (Å²) in [6.07, 6.45) is 3.38. The smallest absolute Gasteiger partial charge is 0.135 e. The molecule has 84 valence electrons. The van der Waals surface area contributed by atoms with E-state index in [0.29, 0.717) is 24.5 Å². The fraction of sp³-hybridized carbons (Fsp3) is 0.917. The lowest BCUT2D eigenvalue weighted by Crippen LogP contribution is -2.26. The summed E-state index contributed by atoms with van der Waals surface area (Å²) in [5, 5.41) is 0. The molecule has 0 aromatic rings. The molecule has 0 aliphatic heterocycles. The average molecular weight is 200 g/mol. The highest BCUT2D eigenvalue weighted by Crippen LogP contribution is 2.16. The summed E-state index contributed by atoms with van der Waals surface area (Å²) in [5.74, 6) is 1.01. The van der Waals surface area contributed by atoms with Gasteiger partial charge in [-0.3, -0.25) is 4.79 Å². The zero-order valence-corrected chi connectivity index (χ0v) is 10.2. The highest BCUT2D eigenvalue weighted by Gasteiger charge is 2.20. The molecule has 0 fully saturated rings. The van der Waals surface area contributed by atoms with Crippen molar-refractivity contribution in [3.63, 3.8) is 0 Å². The third-order valence-corrected chi connectivity index (χ3v) is 2.41. The number of rotatable bonds is 7. The first-order valence-electron chi connectivity index (χ1n) is 5.44. The first-order chi connectivity index (χ1) is 6.37. The van der Waals surface area contributed by atoms with E-state index >= 15 is 0 Å². The summed E-state index contributed by atoms with van der Waals surface area (Å²) in [7, 11) is 1.65. The monoisotopic (exact) mass is 200 g/mol. The van der Waals surface area contributed by atoms with Crippen molar-refractivity contribution < 1.29 is 9.53 Å². The number of methoxy groups -OCH3 is 1. The number of ether oxygens (including phenoxy) is 1. The van der Waals surface area contributed by atoms with Gasteiger partial charge in [0.05, 0.1) is 5.60 Å². The molecule has 0 amide bonds. The molecule has 0 heterocycles. The van der Waals surface area contributed by atoms with E-state index in [2.05, 4.69) is 13.8 Å². The van der Waals surface area contributed by atoms with Crippen LogP contribution in [0.4, 0.5) is 0 Å². The first kappa shape index (κ1) is 13.6. The zero-order valence-electron chi connectivity index (χ0n) is 10.2. The SMILES string of the molecule is COC(C)(C)CC(=O)CCCC(C)C. The highest BCUT2D eigenvalue weighted by atomic mass is 16.5. The molecule has 0 saturated carbocycles.